The van der Waals surface area contributed by atoms with Gasteiger partial charge in [-0.3, -0.25) is 9.88 Å². The summed E-state index contributed by atoms with van der Waals surface area (Å²) in [5.41, 5.74) is 2.47. The molecule has 0 spiro atoms. The van der Waals surface area contributed by atoms with Gasteiger partial charge in [-0.1, -0.05) is 19.9 Å². The maximum atomic E-state index is 5.33. The Bertz CT molecular complexity index is 315. The van der Waals surface area contributed by atoms with Gasteiger partial charge in [-0.05, 0) is 17.5 Å². The van der Waals surface area contributed by atoms with Crippen molar-refractivity contribution in [2.24, 2.45) is 0 Å². The molecule has 0 bridgehead atoms. The van der Waals surface area contributed by atoms with Gasteiger partial charge in [-0.2, -0.15) is 0 Å². The van der Waals surface area contributed by atoms with Gasteiger partial charge in [0.05, 0.1) is 18.9 Å². The SMILES string of the molecule is CC(C)c1ccc(CN2CCOCC2)nc1. The van der Waals surface area contributed by atoms with Gasteiger partial charge in [-0.25, -0.2) is 0 Å². The summed E-state index contributed by atoms with van der Waals surface area (Å²) in [5.74, 6) is 0.560. The van der Waals surface area contributed by atoms with Gasteiger partial charge < -0.3 is 4.74 Å². The molecule has 0 unspecified atom stereocenters. The predicted octanol–water partition coefficient (Wildman–Crippen LogP) is 2.04. The lowest BCUT2D eigenvalue weighted by molar-refractivity contribution is 0.0336. The molecule has 16 heavy (non-hydrogen) atoms. The molecule has 0 saturated carbocycles. The summed E-state index contributed by atoms with van der Waals surface area (Å²) in [5, 5.41) is 0. The summed E-state index contributed by atoms with van der Waals surface area (Å²) in [4.78, 5) is 6.90. The van der Waals surface area contributed by atoms with E-state index in [-0.39, 0.29) is 0 Å². The van der Waals surface area contributed by atoms with Gasteiger partial charge in [0.25, 0.3) is 0 Å². The average molecular weight is 220 g/mol. The zero-order chi connectivity index (χ0) is 11.4. The average Bonchev–Trinajstić information content (AvgIpc) is 2.31. The van der Waals surface area contributed by atoms with Gasteiger partial charge in [-0.15, -0.1) is 0 Å². The second-order valence-electron chi connectivity index (χ2n) is 4.63. The predicted molar refractivity (Wildman–Crippen MR) is 64.4 cm³/mol. The lowest BCUT2D eigenvalue weighted by Crippen LogP contribution is -2.35. The normalized spacial score (nSPS) is 17.9. The van der Waals surface area contributed by atoms with E-state index in [1.165, 1.54) is 5.56 Å². The molecule has 0 aliphatic carbocycles. The van der Waals surface area contributed by atoms with Crippen LogP contribution in [0.25, 0.3) is 0 Å². The Hall–Kier alpha value is -0.930. The fourth-order valence-electron chi connectivity index (χ4n) is 1.86. The highest BCUT2D eigenvalue weighted by Crippen LogP contribution is 2.13. The highest BCUT2D eigenvalue weighted by molar-refractivity contribution is 5.17. The second kappa shape index (κ2) is 5.41. The van der Waals surface area contributed by atoms with E-state index < -0.39 is 0 Å². The summed E-state index contributed by atoms with van der Waals surface area (Å²) >= 11 is 0. The molecule has 2 rings (SSSR count). The first-order chi connectivity index (χ1) is 7.75. The first kappa shape index (κ1) is 11.6. The molecule has 0 amide bonds. The quantitative estimate of drug-likeness (QED) is 0.779. The lowest BCUT2D eigenvalue weighted by Gasteiger charge is -2.26. The van der Waals surface area contributed by atoms with Crippen molar-refractivity contribution in [1.29, 1.82) is 0 Å². The van der Waals surface area contributed by atoms with E-state index >= 15 is 0 Å². The molecule has 1 saturated heterocycles. The number of hydrogen-bond acceptors (Lipinski definition) is 3. The highest BCUT2D eigenvalue weighted by Gasteiger charge is 2.11. The van der Waals surface area contributed by atoms with Crippen LogP contribution in [0.1, 0.15) is 31.0 Å². The Morgan fingerprint density at radius 3 is 2.62 bits per heavy atom. The van der Waals surface area contributed by atoms with Crippen molar-refractivity contribution >= 4 is 0 Å². The molecule has 0 radical (unpaired) electrons. The van der Waals surface area contributed by atoms with Crippen LogP contribution in [-0.4, -0.2) is 36.2 Å². The van der Waals surface area contributed by atoms with Crippen LogP contribution in [0.4, 0.5) is 0 Å². The van der Waals surface area contributed by atoms with E-state index in [1.54, 1.807) is 0 Å². The minimum absolute atomic E-state index is 0.560. The van der Waals surface area contributed by atoms with Crippen LogP contribution in [0.3, 0.4) is 0 Å². The van der Waals surface area contributed by atoms with Crippen molar-refractivity contribution in [3.63, 3.8) is 0 Å². The molecular formula is C13H20N2O. The van der Waals surface area contributed by atoms with Crippen LogP contribution in [0.15, 0.2) is 18.3 Å². The first-order valence-corrected chi connectivity index (χ1v) is 6.00. The molecule has 1 aromatic heterocycles. The molecule has 0 atom stereocenters. The summed E-state index contributed by atoms with van der Waals surface area (Å²) in [6.45, 7) is 9.08. The Morgan fingerprint density at radius 1 is 1.31 bits per heavy atom. The van der Waals surface area contributed by atoms with E-state index in [9.17, 15) is 0 Å². The fraction of sp³-hybridized carbons (Fsp3) is 0.615. The number of morpholine rings is 1. The number of hydrogen-bond donors (Lipinski definition) is 0. The minimum atomic E-state index is 0.560. The molecule has 1 fully saturated rings. The molecule has 1 aliphatic heterocycles. The Balaban J connectivity index is 1.93. The molecular weight excluding hydrogens is 200 g/mol. The molecule has 1 aromatic rings. The third-order valence-electron chi connectivity index (χ3n) is 3.00. The maximum absolute atomic E-state index is 5.33. The van der Waals surface area contributed by atoms with E-state index in [0.29, 0.717) is 5.92 Å². The zero-order valence-corrected chi connectivity index (χ0v) is 10.1. The topological polar surface area (TPSA) is 25.4 Å². The molecule has 3 nitrogen and oxygen atoms in total. The molecule has 88 valence electrons. The highest BCUT2D eigenvalue weighted by atomic mass is 16.5. The van der Waals surface area contributed by atoms with Crippen LogP contribution >= 0.6 is 0 Å². The standard InChI is InChI=1S/C13H20N2O/c1-11(2)12-3-4-13(14-9-12)10-15-5-7-16-8-6-15/h3-4,9,11H,5-8,10H2,1-2H3. The minimum Gasteiger partial charge on any atom is -0.379 e. The van der Waals surface area contributed by atoms with E-state index in [4.69, 9.17) is 4.74 Å². The monoisotopic (exact) mass is 220 g/mol. The number of nitrogens with zero attached hydrogens (tertiary/aromatic N) is 2. The smallest absolute Gasteiger partial charge is 0.0594 e. The lowest BCUT2D eigenvalue weighted by atomic mass is 10.1. The Kier molecular flexibility index (Phi) is 3.91. The molecule has 3 heteroatoms. The van der Waals surface area contributed by atoms with E-state index in [0.717, 1.165) is 38.5 Å². The summed E-state index contributed by atoms with van der Waals surface area (Å²) < 4.78 is 5.33. The summed E-state index contributed by atoms with van der Waals surface area (Å²) in [7, 11) is 0. The van der Waals surface area contributed by atoms with Gasteiger partial charge in [0.15, 0.2) is 0 Å². The summed E-state index contributed by atoms with van der Waals surface area (Å²) in [6.07, 6.45) is 2.00. The number of pyridine rings is 1. The van der Waals surface area contributed by atoms with Crippen molar-refractivity contribution in [1.82, 2.24) is 9.88 Å². The molecule has 2 heterocycles. The van der Waals surface area contributed by atoms with Gasteiger partial charge in [0, 0.05) is 25.8 Å². The van der Waals surface area contributed by atoms with Crippen LogP contribution in [-0.2, 0) is 11.3 Å². The fourth-order valence-corrected chi connectivity index (χ4v) is 1.86. The van der Waals surface area contributed by atoms with Gasteiger partial charge >= 0.3 is 0 Å². The van der Waals surface area contributed by atoms with Crippen LogP contribution in [0, 0.1) is 0 Å². The van der Waals surface area contributed by atoms with Crippen molar-refractivity contribution < 1.29 is 4.74 Å². The number of rotatable bonds is 3. The van der Waals surface area contributed by atoms with E-state index in [2.05, 4.69) is 35.9 Å². The molecule has 0 N–H and O–H groups in total. The largest absolute Gasteiger partial charge is 0.379 e. The van der Waals surface area contributed by atoms with Gasteiger partial charge in [0.1, 0.15) is 0 Å². The summed E-state index contributed by atoms with van der Waals surface area (Å²) in [6, 6.07) is 4.33. The second-order valence-corrected chi connectivity index (χ2v) is 4.63. The van der Waals surface area contributed by atoms with Crippen LogP contribution in [0.5, 0.6) is 0 Å². The number of aromatic nitrogens is 1. The first-order valence-electron chi connectivity index (χ1n) is 6.00. The van der Waals surface area contributed by atoms with Crippen molar-refractivity contribution in [3.8, 4) is 0 Å². The van der Waals surface area contributed by atoms with Crippen molar-refractivity contribution in [2.45, 2.75) is 26.3 Å². The zero-order valence-electron chi connectivity index (χ0n) is 10.1. The number of ether oxygens (including phenoxy) is 1. The third kappa shape index (κ3) is 3.03. The van der Waals surface area contributed by atoms with Crippen LogP contribution < -0.4 is 0 Å². The van der Waals surface area contributed by atoms with Crippen molar-refractivity contribution in [3.05, 3.63) is 29.6 Å². The molecule has 0 aromatic carbocycles. The maximum Gasteiger partial charge on any atom is 0.0594 e. The Labute approximate surface area is 97.4 Å². The van der Waals surface area contributed by atoms with Crippen molar-refractivity contribution in [2.75, 3.05) is 26.3 Å². The third-order valence-corrected chi connectivity index (χ3v) is 3.00. The van der Waals surface area contributed by atoms with E-state index in [1.807, 2.05) is 6.20 Å². The van der Waals surface area contributed by atoms with Crippen LogP contribution in [0.2, 0.25) is 0 Å². The molecule has 1 aliphatic rings. The van der Waals surface area contributed by atoms with Gasteiger partial charge in [0.2, 0.25) is 0 Å². The Morgan fingerprint density at radius 2 is 2.06 bits per heavy atom.